The maximum Gasteiger partial charge on any atom is 0.422 e. The Labute approximate surface area is 82.8 Å². The molecule has 3 nitrogen and oxygen atoms in total. The molecule has 0 aromatic carbocycles. The van der Waals surface area contributed by atoms with Crippen LogP contribution in [0.1, 0.15) is 5.56 Å². The minimum atomic E-state index is -4.38. The fourth-order valence-corrected chi connectivity index (χ4v) is 0.764. The van der Waals surface area contributed by atoms with Gasteiger partial charge in [0.15, 0.2) is 11.8 Å². The molecule has 0 aliphatic rings. The van der Waals surface area contributed by atoms with Crippen LogP contribution in [0.5, 0.6) is 5.88 Å². The van der Waals surface area contributed by atoms with E-state index >= 15 is 0 Å². The molecule has 0 fully saturated rings. The lowest BCUT2D eigenvalue weighted by Gasteiger charge is -2.07. The van der Waals surface area contributed by atoms with Crippen LogP contribution >= 0.6 is 11.6 Å². The van der Waals surface area contributed by atoms with E-state index in [9.17, 15) is 13.2 Å². The molecule has 0 spiro atoms. The van der Waals surface area contributed by atoms with Gasteiger partial charge in [0.2, 0.25) is 5.88 Å². The second kappa shape index (κ2) is 4.00. The molecule has 0 unspecified atom stereocenters. The van der Waals surface area contributed by atoms with Gasteiger partial charge < -0.3 is 4.74 Å². The largest absolute Gasteiger partial charge is 0.467 e. The number of aryl methyl sites for hydroxylation is 1. The van der Waals surface area contributed by atoms with Gasteiger partial charge in [0.1, 0.15) is 0 Å². The van der Waals surface area contributed by atoms with Crippen molar-refractivity contribution in [3.05, 3.63) is 16.8 Å². The summed E-state index contributed by atoms with van der Waals surface area (Å²) in [6.07, 6.45) is -4.38. The van der Waals surface area contributed by atoms with Crippen molar-refractivity contribution < 1.29 is 17.9 Å². The molecule has 7 heteroatoms. The van der Waals surface area contributed by atoms with E-state index < -0.39 is 12.8 Å². The molecular formula is C7H6ClF3N2O. The summed E-state index contributed by atoms with van der Waals surface area (Å²) in [4.78, 5) is 0. The van der Waals surface area contributed by atoms with Crippen LogP contribution in [-0.2, 0) is 0 Å². The Morgan fingerprint density at radius 1 is 1.43 bits per heavy atom. The summed E-state index contributed by atoms with van der Waals surface area (Å²) in [7, 11) is 0. The molecule has 0 atom stereocenters. The number of rotatable bonds is 2. The van der Waals surface area contributed by atoms with E-state index in [2.05, 4.69) is 14.9 Å². The van der Waals surface area contributed by atoms with Crippen molar-refractivity contribution in [2.45, 2.75) is 13.1 Å². The number of nitrogens with zero attached hydrogens (tertiary/aromatic N) is 2. The van der Waals surface area contributed by atoms with Crippen molar-refractivity contribution in [2.24, 2.45) is 0 Å². The average molecular weight is 227 g/mol. The summed E-state index contributed by atoms with van der Waals surface area (Å²) in [6.45, 7) is 0.209. The molecule has 0 amide bonds. The Balaban J connectivity index is 2.65. The predicted molar refractivity (Wildman–Crippen MR) is 43.3 cm³/mol. The Kier molecular flexibility index (Phi) is 3.15. The van der Waals surface area contributed by atoms with Crippen LogP contribution in [0.3, 0.4) is 0 Å². The molecule has 0 saturated heterocycles. The number of halogens is 4. The summed E-state index contributed by atoms with van der Waals surface area (Å²) in [5.74, 6) is -0.191. The van der Waals surface area contributed by atoms with E-state index in [1.807, 2.05) is 0 Å². The number of ether oxygens (including phenoxy) is 1. The zero-order chi connectivity index (χ0) is 10.8. The van der Waals surface area contributed by atoms with E-state index in [1.165, 1.54) is 6.07 Å². The summed E-state index contributed by atoms with van der Waals surface area (Å²) in [6, 6.07) is 1.29. The maximum absolute atomic E-state index is 11.7. The van der Waals surface area contributed by atoms with E-state index in [1.54, 1.807) is 6.92 Å². The van der Waals surface area contributed by atoms with Crippen LogP contribution in [0, 0.1) is 6.92 Å². The van der Waals surface area contributed by atoms with Gasteiger partial charge in [-0.3, -0.25) is 0 Å². The first-order chi connectivity index (χ1) is 6.38. The van der Waals surface area contributed by atoms with Crippen LogP contribution < -0.4 is 4.74 Å². The highest BCUT2D eigenvalue weighted by molar-refractivity contribution is 6.30. The molecule has 0 aliphatic heterocycles. The molecule has 0 saturated carbocycles. The first kappa shape index (κ1) is 11.0. The van der Waals surface area contributed by atoms with Crippen LogP contribution in [0.25, 0.3) is 0 Å². The highest BCUT2D eigenvalue weighted by atomic mass is 35.5. The van der Waals surface area contributed by atoms with Crippen LogP contribution in [0.2, 0.25) is 5.15 Å². The average Bonchev–Trinajstić information content (AvgIpc) is 2.06. The van der Waals surface area contributed by atoms with E-state index in [4.69, 9.17) is 11.6 Å². The normalized spacial score (nSPS) is 11.5. The Morgan fingerprint density at radius 3 is 2.57 bits per heavy atom. The minimum Gasteiger partial charge on any atom is -0.467 e. The van der Waals surface area contributed by atoms with Crippen molar-refractivity contribution in [1.29, 1.82) is 0 Å². The van der Waals surface area contributed by atoms with E-state index in [-0.39, 0.29) is 11.0 Å². The van der Waals surface area contributed by atoms with Gasteiger partial charge in [0, 0.05) is 6.07 Å². The Hall–Kier alpha value is -1.04. The monoisotopic (exact) mass is 226 g/mol. The molecule has 0 N–H and O–H groups in total. The standard InChI is InChI=1S/C7H6ClF3N2O/c1-4-2-5(12-13-6(4)8)14-3-7(9,10)11/h2H,3H2,1H3. The van der Waals surface area contributed by atoms with Crippen LogP contribution in [-0.4, -0.2) is 23.0 Å². The third kappa shape index (κ3) is 3.37. The summed E-state index contributed by atoms with van der Waals surface area (Å²) in [5.41, 5.74) is 0.513. The zero-order valence-electron chi connectivity index (χ0n) is 7.10. The van der Waals surface area contributed by atoms with Gasteiger partial charge in [0.05, 0.1) is 0 Å². The first-order valence-corrected chi connectivity index (χ1v) is 3.95. The van der Waals surface area contributed by atoms with Crippen LogP contribution in [0.15, 0.2) is 6.07 Å². The number of alkyl halides is 3. The smallest absolute Gasteiger partial charge is 0.422 e. The van der Waals surface area contributed by atoms with Crippen molar-refractivity contribution in [3.63, 3.8) is 0 Å². The quantitative estimate of drug-likeness (QED) is 0.777. The highest BCUT2D eigenvalue weighted by Gasteiger charge is 2.28. The molecule has 0 bridgehead atoms. The molecule has 1 heterocycles. The first-order valence-electron chi connectivity index (χ1n) is 3.58. The summed E-state index contributed by atoms with van der Waals surface area (Å²) >= 11 is 5.52. The molecule has 0 radical (unpaired) electrons. The van der Waals surface area contributed by atoms with Gasteiger partial charge in [-0.05, 0) is 12.5 Å². The maximum atomic E-state index is 11.7. The van der Waals surface area contributed by atoms with E-state index in [0.717, 1.165) is 0 Å². The van der Waals surface area contributed by atoms with Gasteiger partial charge in [0.25, 0.3) is 0 Å². The Bertz CT molecular complexity index is 329. The summed E-state index contributed by atoms with van der Waals surface area (Å²) in [5, 5.41) is 6.88. The fraction of sp³-hybridized carbons (Fsp3) is 0.429. The molecule has 1 rings (SSSR count). The SMILES string of the molecule is Cc1cc(OCC(F)(F)F)nnc1Cl. The van der Waals surface area contributed by atoms with Gasteiger partial charge in [-0.15, -0.1) is 10.2 Å². The third-order valence-electron chi connectivity index (χ3n) is 1.29. The fourth-order valence-electron chi connectivity index (χ4n) is 0.672. The lowest BCUT2D eigenvalue weighted by molar-refractivity contribution is -0.154. The number of hydrogen-bond acceptors (Lipinski definition) is 3. The van der Waals surface area contributed by atoms with Crippen molar-refractivity contribution in [1.82, 2.24) is 10.2 Å². The van der Waals surface area contributed by atoms with Crippen molar-refractivity contribution in [2.75, 3.05) is 6.61 Å². The highest BCUT2D eigenvalue weighted by Crippen LogP contribution is 2.19. The molecule has 0 aliphatic carbocycles. The van der Waals surface area contributed by atoms with Gasteiger partial charge >= 0.3 is 6.18 Å². The topological polar surface area (TPSA) is 35.0 Å². The van der Waals surface area contributed by atoms with Gasteiger partial charge in [-0.25, -0.2) is 0 Å². The summed E-state index contributed by atoms with van der Waals surface area (Å²) < 4.78 is 39.5. The molecule has 78 valence electrons. The minimum absolute atomic E-state index is 0.143. The zero-order valence-corrected chi connectivity index (χ0v) is 7.85. The van der Waals surface area contributed by atoms with Crippen molar-refractivity contribution in [3.8, 4) is 5.88 Å². The molecule has 14 heavy (non-hydrogen) atoms. The number of hydrogen-bond donors (Lipinski definition) is 0. The lowest BCUT2D eigenvalue weighted by atomic mass is 10.3. The third-order valence-corrected chi connectivity index (χ3v) is 1.66. The second-order valence-corrected chi connectivity index (χ2v) is 2.92. The van der Waals surface area contributed by atoms with Gasteiger partial charge in [-0.2, -0.15) is 13.2 Å². The predicted octanol–water partition coefficient (Wildman–Crippen LogP) is 2.38. The number of aromatic nitrogens is 2. The van der Waals surface area contributed by atoms with Crippen LogP contribution in [0.4, 0.5) is 13.2 Å². The molecule has 1 aromatic rings. The van der Waals surface area contributed by atoms with E-state index in [0.29, 0.717) is 5.56 Å². The lowest BCUT2D eigenvalue weighted by Crippen LogP contribution is -2.19. The second-order valence-electron chi connectivity index (χ2n) is 2.56. The Morgan fingerprint density at radius 2 is 2.07 bits per heavy atom. The molecule has 1 aromatic heterocycles. The molecular weight excluding hydrogens is 221 g/mol. The van der Waals surface area contributed by atoms with Gasteiger partial charge in [-0.1, -0.05) is 11.6 Å². The van der Waals surface area contributed by atoms with Crippen molar-refractivity contribution >= 4 is 11.6 Å².